The van der Waals surface area contributed by atoms with Gasteiger partial charge in [-0.15, -0.1) is 0 Å². The molecular weight excluding hydrogens is 383 g/mol. The number of ether oxygens (including phenoxy) is 3. The van der Waals surface area contributed by atoms with Crippen molar-refractivity contribution in [3.8, 4) is 17.3 Å². The number of benzene rings is 1. The van der Waals surface area contributed by atoms with E-state index in [2.05, 4.69) is 10.1 Å². The molecule has 0 saturated carbocycles. The molecule has 0 N–H and O–H groups in total. The summed E-state index contributed by atoms with van der Waals surface area (Å²) in [6.45, 7) is 3.91. The van der Waals surface area contributed by atoms with Crippen molar-refractivity contribution in [2.75, 3.05) is 11.5 Å². The van der Waals surface area contributed by atoms with E-state index in [0.717, 1.165) is 0 Å². The Morgan fingerprint density at radius 3 is 3.07 bits per heavy atom. The van der Waals surface area contributed by atoms with Crippen LogP contribution in [0, 0.1) is 12.7 Å². The lowest BCUT2D eigenvalue weighted by molar-refractivity contribution is 0.0909. The van der Waals surface area contributed by atoms with Crippen molar-refractivity contribution < 1.29 is 27.9 Å². The Hall–Kier alpha value is -3.56. The van der Waals surface area contributed by atoms with Crippen molar-refractivity contribution in [3.63, 3.8) is 0 Å². The van der Waals surface area contributed by atoms with Crippen molar-refractivity contribution in [2.45, 2.75) is 32.6 Å². The highest BCUT2D eigenvalue weighted by Crippen LogP contribution is 2.42. The quantitative estimate of drug-likeness (QED) is 0.665. The second kappa shape index (κ2) is 6.50. The largest absolute Gasteiger partial charge is 0.483 e. The fraction of sp³-hybridized carbons (Fsp3) is 0.316. The summed E-state index contributed by atoms with van der Waals surface area (Å²) in [5.41, 5.74) is 1.32. The third-order valence-corrected chi connectivity index (χ3v) is 5.20. The van der Waals surface area contributed by atoms with Crippen molar-refractivity contribution in [1.82, 2.24) is 14.7 Å². The number of amides is 1. The molecule has 0 bridgehead atoms. The van der Waals surface area contributed by atoms with E-state index in [0.29, 0.717) is 28.7 Å². The lowest BCUT2D eigenvalue weighted by atomic mass is 10.1. The number of nitrogens with zero attached hydrogens (tertiary/aromatic N) is 4. The number of imidazole rings is 1. The highest BCUT2D eigenvalue weighted by atomic mass is 19.1. The predicted octanol–water partition coefficient (Wildman–Crippen LogP) is 2.99. The molecule has 0 radical (unpaired) electrons. The molecule has 0 spiro atoms. The number of fused-ring (bicyclic) bond motifs is 3. The smallest absolute Gasteiger partial charge is 0.415 e. The number of rotatable bonds is 4. The molecular formula is C19H17FN4O5. The van der Waals surface area contributed by atoms with E-state index in [4.69, 9.17) is 18.7 Å². The molecule has 2 aliphatic heterocycles. The van der Waals surface area contributed by atoms with E-state index < -0.39 is 24.1 Å². The van der Waals surface area contributed by atoms with Crippen molar-refractivity contribution in [2.24, 2.45) is 0 Å². The normalized spacial score (nSPS) is 20.1. The Morgan fingerprint density at radius 2 is 2.28 bits per heavy atom. The molecule has 3 aromatic rings. The Morgan fingerprint density at radius 1 is 1.41 bits per heavy atom. The fourth-order valence-electron chi connectivity index (χ4n) is 3.68. The van der Waals surface area contributed by atoms with E-state index in [9.17, 15) is 4.79 Å². The summed E-state index contributed by atoms with van der Waals surface area (Å²) in [6.07, 6.45) is 3.53. The molecule has 9 nitrogen and oxygen atoms in total. The summed E-state index contributed by atoms with van der Waals surface area (Å²) in [6, 6.07) is 2.49. The number of aromatic nitrogens is 3. The van der Waals surface area contributed by atoms with Crippen LogP contribution in [0.3, 0.4) is 0 Å². The van der Waals surface area contributed by atoms with E-state index in [1.54, 1.807) is 30.0 Å². The number of hydrogen-bond acceptors (Lipinski definition) is 7. The lowest BCUT2D eigenvalue weighted by Crippen LogP contribution is -2.37. The molecule has 1 aromatic carbocycles. The number of carbonyl (C=O) groups is 1. The zero-order chi connectivity index (χ0) is 20.1. The Bertz CT molecular complexity index is 1080. The SMILES string of the molecule is Cc1c(N2C(=O)O[C@@H](COc3ccon3)[C@@H]2C)cc(F)c2c1OCc1nccn1-2. The number of halogens is 1. The summed E-state index contributed by atoms with van der Waals surface area (Å²) in [5.74, 6) is 0.782. The second-order valence-electron chi connectivity index (χ2n) is 6.86. The third-order valence-electron chi connectivity index (χ3n) is 5.20. The van der Waals surface area contributed by atoms with Crippen LogP contribution in [0.5, 0.6) is 11.6 Å². The van der Waals surface area contributed by atoms with Crippen LogP contribution in [0.1, 0.15) is 18.3 Å². The summed E-state index contributed by atoms with van der Waals surface area (Å²) in [7, 11) is 0. The Balaban J connectivity index is 1.47. The molecule has 4 heterocycles. The van der Waals surface area contributed by atoms with Crippen molar-refractivity contribution >= 4 is 11.8 Å². The van der Waals surface area contributed by atoms with Crippen LogP contribution in [0.2, 0.25) is 0 Å². The molecule has 29 heavy (non-hydrogen) atoms. The number of hydrogen-bond donors (Lipinski definition) is 0. The van der Waals surface area contributed by atoms with E-state index in [1.165, 1.54) is 17.2 Å². The van der Waals surface area contributed by atoms with E-state index in [-0.39, 0.29) is 18.9 Å². The first-order chi connectivity index (χ1) is 14.0. The van der Waals surface area contributed by atoms with Gasteiger partial charge in [-0.25, -0.2) is 14.2 Å². The zero-order valence-corrected chi connectivity index (χ0v) is 15.7. The van der Waals surface area contributed by atoms with Gasteiger partial charge in [0.15, 0.2) is 23.5 Å². The average Bonchev–Trinajstić information content (AvgIpc) is 3.43. The molecule has 1 amide bonds. The van der Waals surface area contributed by atoms with Gasteiger partial charge in [-0.05, 0) is 19.0 Å². The van der Waals surface area contributed by atoms with Gasteiger partial charge in [0.2, 0.25) is 0 Å². The molecule has 1 saturated heterocycles. The molecule has 150 valence electrons. The highest BCUT2D eigenvalue weighted by molar-refractivity contribution is 5.92. The predicted molar refractivity (Wildman–Crippen MR) is 96.8 cm³/mol. The van der Waals surface area contributed by atoms with Crippen LogP contribution in [0.15, 0.2) is 35.3 Å². The van der Waals surface area contributed by atoms with Crippen LogP contribution < -0.4 is 14.4 Å². The zero-order valence-electron chi connectivity index (χ0n) is 15.7. The summed E-state index contributed by atoms with van der Waals surface area (Å²) in [5, 5.41) is 3.66. The minimum atomic E-state index is -0.576. The molecule has 1 fully saturated rings. The first-order valence-corrected chi connectivity index (χ1v) is 9.06. The van der Waals surface area contributed by atoms with Crippen LogP contribution in [-0.2, 0) is 11.3 Å². The van der Waals surface area contributed by atoms with Crippen LogP contribution in [-0.4, -0.2) is 39.6 Å². The molecule has 2 aliphatic rings. The minimum absolute atomic E-state index is 0.0946. The minimum Gasteiger partial charge on any atom is -0.483 e. The van der Waals surface area contributed by atoms with Gasteiger partial charge >= 0.3 is 6.09 Å². The first kappa shape index (κ1) is 17.5. The maximum Gasteiger partial charge on any atom is 0.415 e. The van der Waals surface area contributed by atoms with E-state index in [1.807, 2.05) is 6.92 Å². The third kappa shape index (κ3) is 2.71. The molecule has 0 unspecified atom stereocenters. The molecule has 5 rings (SSSR count). The maximum absolute atomic E-state index is 15.1. The van der Waals surface area contributed by atoms with Crippen molar-refractivity contribution in [3.05, 3.63) is 48.0 Å². The van der Waals surface area contributed by atoms with E-state index >= 15 is 4.39 Å². The molecule has 0 aliphatic carbocycles. The summed E-state index contributed by atoms with van der Waals surface area (Å²) < 4.78 is 38.1. The topological polar surface area (TPSA) is 91.9 Å². The highest BCUT2D eigenvalue weighted by Gasteiger charge is 2.42. The fourth-order valence-corrected chi connectivity index (χ4v) is 3.68. The second-order valence-corrected chi connectivity index (χ2v) is 6.86. The lowest BCUT2D eigenvalue weighted by Gasteiger charge is -2.27. The van der Waals surface area contributed by atoms with Gasteiger partial charge in [0.1, 0.15) is 25.2 Å². The van der Waals surface area contributed by atoms with Gasteiger partial charge in [0.05, 0.1) is 11.7 Å². The van der Waals surface area contributed by atoms with Gasteiger partial charge in [0.25, 0.3) is 5.88 Å². The van der Waals surface area contributed by atoms with Gasteiger partial charge in [-0.2, -0.15) is 0 Å². The van der Waals surface area contributed by atoms with Gasteiger partial charge < -0.3 is 18.7 Å². The van der Waals surface area contributed by atoms with Crippen LogP contribution in [0.25, 0.3) is 5.69 Å². The average molecular weight is 400 g/mol. The Labute approximate surface area is 164 Å². The van der Waals surface area contributed by atoms with Crippen LogP contribution >= 0.6 is 0 Å². The maximum atomic E-state index is 15.1. The summed E-state index contributed by atoms with van der Waals surface area (Å²) in [4.78, 5) is 18.2. The molecule has 10 heteroatoms. The number of anilines is 1. The summed E-state index contributed by atoms with van der Waals surface area (Å²) >= 11 is 0. The first-order valence-electron chi connectivity index (χ1n) is 9.06. The molecule has 2 atom stereocenters. The number of carbonyl (C=O) groups excluding carboxylic acids is 1. The number of cyclic esters (lactones) is 1. The molecule has 2 aromatic heterocycles. The monoisotopic (exact) mass is 400 g/mol. The van der Waals surface area contributed by atoms with Gasteiger partial charge in [-0.1, -0.05) is 0 Å². The van der Waals surface area contributed by atoms with Crippen LogP contribution in [0.4, 0.5) is 14.9 Å². The van der Waals surface area contributed by atoms with Gasteiger partial charge in [-0.3, -0.25) is 9.47 Å². The van der Waals surface area contributed by atoms with Crippen molar-refractivity contribution in [1.29, 1.82) is 0 Å². The standard InChI is InChI=1S/C19H17FN4O5/c1-10-13(7-12(20)17-18(10)27-9-15-21-4-5-23(15)17)24-11(2)14(29-19(24)25)8-26-16-3-6-28-22-16/h3-7,11,14H,8-9H2,1-2H3/t11-,14-/m0/s1. The van der Waals surface area contributed by atoms with Gasteiger partial charge in [0, 0.05) is 30.1 Å². The Kier molecular flexibility index (Phi) is 3.93.